The monoisotopic (exact) mass is 440 g/mol. The zero-order valence-corrected chi connectivity index (χ0v) is 18.6. The van der Waals surface area contributed by atoms with Crippen LogP contribution in [0.3, 0.4) is 0 Å². The molecule has 9 heteroatoms. The first-order valence-corrected chi connectivity index (χ1v) is 10.8. The molecule has 0 saturated heterocycles. The number of anilines is 1. The van der Waals surface area contributed by atoms with E-state index >= 15 is 0 Å². The maximum absolute atomic E-state index is 13.6. The number of aromatic nitrogens is 2. The van der Waals surface area contributed by atoms with E-state index in [1.54, 1.807) is 38.3 Å². The average molecular weight is 441 g/mol. The molecule has 1 aromatic carbocycles. The lowest BCUT2D eigenvalue weighted by Crippen LogP contribution is -2.65. The van der Waals surface area contributed by atoms with Gasteiger partial charge in [-0.2, -0.15) is 5.10 Å². The van der Waals surface area contributed by atoms with Crippen LogP contribution < -0.4 is 15.0 Å². The van der Waals surface area contributed by atoms with Gasteiger partial charge in [0, 0.05) is 17.8 Å². The molecule has 0 unspecified atom stereocenters. The molecule has 0 spiro atoms. The van der Waals surface area contributed by atoms with E-state index in [0.29, 0.717) is 11.4 Å². The minimum Gasteiger partial charge on any atom is -0.497 e. The van der Waals surface area contributed by atoms with Gasteiger partial charge >= 0.3 is 5.97 Å². The van der Waals surface area contributed by atoms with Crippen LogP contribution in [0.25, 0.3) is 0 Å². The normalized spacial score (nSPS) is 21.1. The fraction of sp³-hybridized carbons (Fsp3) is 0.478. The Kier molecular flexibility index (Phi) is 5.90. The minimum atomic E-state index is -1.24. The van der Waals surface area contributed by atoms with Gasteiger partial charge in [0.15, 0.2) is 5.69 Å². The van der Waals surface area contributed by atoms with Crippen molar-refractivity contribution >= 4 is 23.5 Å². The lowest BCUT2D eigenvalue weighted by Gasteiger charge is -2.44. The fourth-order valence-corrected chi connectivity index (χ4v) is 4.51. The number of benzene rings is 1. The van der Waals surface area contributed by atoms with Crippen LogP contribution in [0.4, 0.5) is 5.69 Å². The molecule has 0 radical (unpaired) electrons. The second-order valence-corrected chi connectivity index (χ2v) is 8.48. The first-order chi connectivity index (χ1) is 15.4. The van der Waals surface area contributed by atoms with E-state index < -0.39 is 17.4 Å². The quantitative estimate of drug-likeness (QED) is 0.717. The topological polar surface area (TPSA) is 103 Å². The third-order valence-corrected chi connectivity index (χ3v) is 6.31. The summed E-state index contributed by atoms with van der Waals surface area (Å²) in [4.78, 5) is 40.7. The summed E-state index contributed by atoms with van der Waals surface area (Å²) in [5, 5.41) is 7.40. The average Bonchev–Trinajstić information content (AvgIpc) is 3.23. The van der Waals surface area contributed by atoms with E-state index in [0.717, 1.165) is 25.7 Å². The predicted octanol–water partition coefficient (Wildman–Crippen LogP) is 2.55. The van der Waals surface area contributed by atoms with Crippen LogP contribution in [0.1, 0.15) is 60.0 Å². The standard InChI is InChI=1S/C23H28N4O5/c1-23(22(30)24-15-7-5-4-6-8-15)14-26-19(13-18(25-26)21(29)32-3)20(28)27(23)16-9-11-17(31-2)12-10-16/h9-13,15H,4-8,14H2,1-3H3,(H,24,30)/t23-/m0/s1. The number of methoxy groups -OCH3 is 2. The third kappa shape index (κ3) is 3.83. The SMILES string of the molecule is COC(=O)c1cc2n(n1)C[C@@](C)(C(=O)NC1CCCCC1)N(c1ccc(OC)cc1)C2=O. The van der Waals surface area contributed by atoms with Crippen LogP contribution in [-0.2, 0) is 16.1 Å². The molecule has 1 aliphatic heterocycles. The van der Waals surface area contributed by atoms with Gasteiger partial charge in [-0.15, -0.1) is 0 Å². The number of nitrogens with one attached hydrogen (secondary N) is 1. The molecule has 1 aliphatic carbocycles. The molecule has 170 valence electrons. The molecule has 1 N–H and O–H groups in total. The van der Waals surface area contributed by atoms with Crippen molar-refractivity contribution in [3.63, 3.8) is 0 Å². The zero-order chi connectivity index (χ0) is 22.9. The molecule has 0 bridgehead atoms. The second-order valence-electron chi connectivity index (χ2n) is 8.48. The molecule has 2 amide bonds. The number of nitrogens with zero attached hydrogens (tertiary/aromatic N) is 3. The van der Waals surface area contributed by atoms with Crippen molar-refractivity contribution in [1.29, 1.82) is 0 Å². The smallest absolute Gasteiger partial charge is 0.358 e. The molecule has 4 rings (SSSR count). The van der Waals surface area contributed by atoms with Crippen LogP contribution in [0.15, 0.2) is 30.3 Å². The summed E-state index contributed by atoms with van der Waals surface area (Å²) in [6, 6.07) is 8.47. The van der Waals surface area contributed by atoms with Crippen molar-refractivity contribution in [3.8, 4) is 5.75 Å². The summed E-state index contributed by atoms with van der Waals surface area (Å²) in [7, 11) is 2.82. The molecule has 9 nitrogen and oxygen atoms in total. The number of hydrogen-bond donors (Lipinski definition) is 1. The van der Waals surface area contributed by atoms with Crippen molar-refractivity contribution in [1.82, 2.24) is 15.1 Å². The predicted molar refractivity (Wildman–Crippen MR) is 117 cm³/mol. The molecule has 1 atom stereocenters. The summed E-state index contributed by atoms with van der Waals surface area (Å²) < 4.78 is 11.4. The molecular weight excluding hydrogens is 412 g/mol. The van der Waals surface area contributed by atoms with Crippen LogP contribution in [0.5, 0.6) is 5.75 Å². The van der Waals surface area contributed by atoms with Gasteiger partial charge in [0.05, 0.1) is 20.8 Å². The Morgan fingerprint density at radius 3 is 2.44 bits per heavy atom. The van der Waals surface area contributed by atoms with E-state index in [4.69, 9.17) is 9.47 Å². The number of fused-ring (bicyclic) bond motifs is 1. The highest BCUT2D eigenvalue weighted by Crippen LogP contribution is 2.34. The Hall–Kier alpha value is -3.36. The zero-order valence-electron chi connectivity index (χ0n) is 18.6. The van der Waals surface area contributed by atoms with Crippen molar-refractivity contribution in [3.05, 3.63) is 41.7 Å². The fourth-order valence-electron chi connectivity index (χ4n) is 4.51. The lowest BCUT2D eigenvalue weighted by atomic mass is 9.91. The van der Waals surface area contributed by atoms with E-state index in [2.05, 4.69) is 10.4 Å². The Morgan fingerprint density at radius 2 is 1.81 bits per heavy atom. The van der Waals surface area contributed by atoms with E-state index in [9.17, 15) is 14.4 Å². The first-order valence-electron chi connectivity index (χ1n) is 10.8. The number of hydrogen-bond acceptors (Lipinski definition) is 6. The van der Waals surface area contributed by atoms with Gasteiger partial charge < -0.3 is 14.8 Å². The van der Waals surface area contributed by atoms with Crippen LogP contribution in [-0.4, -0.2) is 53.4 Å². The molecule has 2 heterocycles. The summed E-state index contributed by atoms with van der Waals surface area (Å²) >= 11 is 0. The first kappa shape index (κ1) is 21.9. The number of carbonyl (C=O) groups excluding carboxylic acids is 3. The van der Waals surface area contributed by atoms with Gasteiger partial charge in [0.1, 0.15) is 17.0 Å². The molecule has 1 saturated carbocycles. The van der Waals surface area contributed by atoms with Gasteiger partial charge in [-0.25, -0.2) is 4.79 Å². The van der Waals surface area contributed by atoms with Gasteiger partial charge in [0.25, 0.3) is 5.91 Å². The molecule has 1 fully saturated rings. The van der Waals surface area contributed by atoms with Gasteiger partial charge in [-0.05, 0) is 44.0 Å². The Labute approximate surface area is 186 Å². The number of amides is 2. The highest BCUT2D eigenvalue weighted by molar-refractivity contribution is 6.12. The molecule has 2 aromatic rings. The van der Waals surface area contributed by atoms with Gasteiger partial charge in [-0.3, -0.25) is 19.2 Å². The van der Waals surface area contributed by atoms with Crippen molar-refractivity contribution in [2.24, 2.45) is 0 Å². The Bertz CT molecular complexity index is 1030. The van der Waals surface area contributed by atoms with Crippen molar-refractivity contribution in [2.45, 2.75) is 57.2 Å². The Morgan fingerprint density at radius 1 is 1.12 bits per heavy atom. The van der Waals surface area contributed by atoms with E-state index in [1.807, 2.05) is 0 Å². The van der Waals surface area contributed by atoms with Crippen LogP contribution in [0, 0.1) is 0 Å². The minimum absolute atomic E-state index is 0.0301. The van der Waals surface area contributed by atoms with Crippen molar-refractivity contribution < 1.29 is 23.9 Å². The molecule has 1 aromatic heterocycles. The van der Waals surface area contributed by atoms with E-state index in [-0.39, 0.29) is 29.9 Å². The largest absolute Gasteiger partial charge is 0.497 e. The Balaban J connectivity index is 1.74. The summed E-state index contributed by atoms with van der Waals surface area (Å²) in [5.41, 5.74) is -0.425. The van der Waals surface area contributed by atoms with Crippen LogP contribution in [0.2, 0.25) is 0 Å². The molecule has 32 heavy (non-hydrogen) atoms. The summed E-state index contributed by atoms with van der Waals surface area (Å²) in [6.07, 6.45) is 5.19. The van der Waals surface area contributed by atoms with E-state index in [1.165, 1.54) is 29.2 Å². The second kappa shape index (κ2) is 8.64. The summed E-state index contributed by atoms with van der Waals surface area (Å²) in [5.74, 6) is -0.645. The van der Waals surface area contributed by atoms with Gasteiger partial charge in [0.2, 0.25) is 5.91 Å². The maximum Gasteiger partial charge on any atom is 0.358 e. The van der Waals surface area contributed by atoms with Gasteiger partial charge in [-0.1, -0.05) is 19.3 Å². The highest BCUT2D eigenvalue weighted by atomic mass is 16.5. The number of rotatable bonds is 5. The highest BCUT2D eigenvalue weighted by Gasteiger charge is 2.49. The molecular formula is C23H28N4O5. The number of carbonyl (C=O) groups is 3. The number of esters is 1. The molecule has 2 aliphatic rings. The number of ether oxygens (including phenoxy) is 2. The van der Waals surface area contributed by atoms with Crippen LogP contribution >= 0.6 is 0 Å². The third-order valence-electron chi connectivity index (χ3n) is 6.31. The maximum atomic E-state index is 13.6. The summed E-state index contributed by atoms with van der Waals surface area (Å²) in [6.45, 7) is 1.84. The lowest BCUT2D eigenvalue weighted by molar-refractivity contribution is -0.127. The van der Waals surface area contributed by atoms with Crippen molar-refractivity contribution in [2.75, 3.05) is 19.1 Å².